The number of nitrogens with zero attached hydrogens (tertiary/aromatic N) is 4. The van der Waals surface area contributed by atoms with E-state index < -0.39 is 0 Å². The average Bonchev–Trinajstić information content (AvgIpc) is 3.41. The molecule has 0 bridgehead atoms. The summed E-state index contributed by atoms with van der Waals surface area (Å²) in [5, 5.41) is 11.0. The van der Waals surface area contributed by atoms with E-state index in [1.807, 2.05) is 36.9 Å². The lowest BCUT2D eigenvalue weighted by atomic mass is 9.96. The number of likely N-dealkylation sites (tertiary alicyclic amines) is 1. The Labute approximate surface area is 192 Å². The van der Waals surface area contributed by atoms with Crippen LogP contribution in [0.25, 0.3) is 0 Å². The number of ether oxygens (including phenoxy) is 1. The molecule has 1 N–H and O–H groups in total. The summed E-state index contributed by atoms with van der Waals surface area (Å²) in [6, 6.07) is 7.31. The lowest BCUT2D eigenvalue weighted by Gasteiger charge is -2.32. The van der Waals surface area contributed by atoms with Crippen LogP contribution in [-0.4, -0.2) is 51.3 Å². The van der Waals surface area contributed by atoms with Gasteiger partial charge in [-0.25, -0.2) is 0 Å². The molecule has 1 aromatic carbocycles. The van der Waals surface area contributed by atoms with Crippen LogP contribution in [0.4, 0.5) is 0 Å². The number of amides is 2. The summed E-state index contributed by atoms with van der Waals surface area (Å²) >= 11 is 0. The van der Waals surface area contributed by atoms with Gasteiger partial charge in [0.2, 0.25) is 0 Å². The van der Waals surface area contributed by atoms with Crippen LogP contribution < -0.4 is 10.1 Å². The van der Waals surface area contributed by atoms with Crippen LogP contribution >= 0.6 is 0 Å². The van der Waals surface area contributed by atoms with Crippen LogP contribution in [0.1, 0.15) is 50.6 Å². The van der Waals surface area contributed by atoms with Crippen LogP contribution in [0.5, 0.6) is 5.75 Å². The van der Waals surface area contributed by atoms with E-state index in [2.05, 4.69) is 15.6 Å². The molecule has 9 nitrogen and oxygen atoms in total. The summed E-state index contributed by atoms with van der Waals surface area (Å²) in [5.41, 5.74) is 2.78. The SMILES string of the molecule is Cc1noc(C)c1COc1ccccc1C(=O)N1CCC(CNC(=O)c2cnn(C)c2)CC1. The first-order chi connectivity index (χ1) is 15.9. The lowest BCUT2D eigenvalue weighted by molar-refractivity contribution is 0.0679. The number of piperidine rings is 1. The van der Waals surface area contributed by atoms with Crippen molar-refractivity contribution in [1.29, 1.82) is 0 Å². The molecule has 2 aromatic heterocycles. The highest BCUT2D eigenvalue weighted by Gasteiger charge is 2.26. The average molecular weight is 452 g/mol. The Morgan fingerprint density at radius 1 is 1.21 bits per heavy atom. The van der Waals surface area contributed by atoms with E-state index in [0.29, 0.717) is 54.8 Å². The van der Waals surface area contributed by atoms with Gasteiger partial charge in [0.15, 0.2) is 0 Å². The minimum Gasteiger partial charge on any atom is -0.488 e. The van der Waals surface area contributed by atoms with Crippen molar-refractivity contribution in [3.63, 3.8) is 0 Å². The largest absolute Gasteiger partial charge is 0.488 e. The number of hydrogen-bond acceptors (Lipinski definition) is 6. The van der Waals surface area contributed by atoms with Crippen LogP contribution in [-0.2, 0) is 13.7 Å². The van der Waals surface area contributed by atoms with E-state index in [1.165, 1.54) is 0 Å². The molecule has 0 spiro atoms. The maximum atomic E-state index is 13.2. The summed E-state index contributed by atoms with van der Waals surface area (Å²) in [7, 11) is 1.78. The van der Waals surface area contributed by atoms with Gasteiger partial charge >= 0.3 is 0 Å². The third-order valence-corrected chi connectivity index (χ3v) is 6.09. The Kier molecular flexibility index (Phi) is 6.76. The second-order valence-corrected chi connectivity index (χ2v) is 8.44. The van der Waals surface area contributed by atoms with Crippen molar-refractivity contribution in [1.82, 2.24) is 25.2 Å². The summed E-state index contributed by atoms with van der Waals surface area (Å²) in [6.07, 6.45) is 4.92. The predicted molar refractivity (Wildman–Crippen MR) is 121 cm³/mol. The first kappa shape index (κ1) is 22.6. The van der Waals surface area contributed by atoms with Gasteiger partial charge in [0.25, 0.3) is 11.8 Å². The quantitative estimate of drug-likeness (QED) is 0.593. The zero-order chi connectivity index (χ0) is 23.4. The molecule has 3 aromatic rings. The molecule has 1 saturated heterocycles. The second-order valence-electron chi connectivity index (χ2n) is 8.44. The Morgan fingerprint density at radius 3 is 2.64 bits per heavy atom. The van der Waals surface area contributed by atoms with Crippen molar-refractivity contribution in [2.75, 3.05) is 19.6 Å². The molecule has 0 saturated carbocycles. The molecular formula is C24H29N5O4. The summed E-state index contributed by atoms with van der Waals surface area (Å²) in [5.74, 6) is 1.44. The third kappa shape index (κ3) is 5.24. The van der Waals surface area contributed by atoms with E-state index >= 15 is 0 Å². The topological polar surface area (TPSA) is 102 Å². The van der Waals surface area contributed by atoms with Gasteiger partial charge in [-0.2, -0.15) is 5.10 Å². The van der Waals surface area contributed by atoms with Crippen LogP contribution in [0, 0.1) is 19.8 Å². The third-order valence-electron chi connectivity index (χ3n) is 6.09. The molecule has 4 rings (SSSR count). The van der Waals surface area contributed by atoms with Crippen LogP contribution in [0.3, 0.4) is 0 Å². The summed E-state index contributed by atoms with van der Waals surface area (Å²) in [4.78, 5) is 27.3. The fraction of sp³-hybridized carbons (Fsp3) is 0.417. The molecule has 0 radical (unpaired) electrons. The number of para-hydroxylation sites is 1. The standard InChI is InChI=1S/C24H29N5O4/c1-16-21(17(2)33-27-16)15-32-22-7-5-4-6-20(22)24(31)29-10-8-18(9-11-29)12-25-23(30)19-13-26-28(3)14-19/h4-7,13-14,18H,8-12,15H2,1-3H3,(H,25,30). The normalized spacial score (nSPS) is 14.3. The lowest BCUT2D eigenvalue weighted by Crippen LogP contribution is -2.41. The molecule has 2 amide bonds. The zero-order valence-corrected chi connectivity index (χ0v) is 19.2. The Bertz CT molecular complexity index is 1110. The first-order valence-corrected chi connectivity index (χ1v) is 11.1. The van der Waals surface area contributed by atoms with E-state index in [0.717, 1.165) is 24.1 Å². The number of hydrogen-bond donors (Lipinski definition) is 1. The van der Waals surface area contributed by atoms with E-state index in [-0.39, 0.29) is 11.8 Å². The maximum Gasteiger partial charge on any atom is 0.257 e. The monoisotopic (exact) mass is 451 g/mol. The van der Waals surface area contributed by atoms with Gasteiger partial charge in [0, 0.05) is 32.9 Å². The predicted octanol–water partition coefficient (Wildman–Crippen LogP) is 2.89. The molecule has 3 heterocycles. The minimum absolute atomic E-state index is 0.0396. The highest BCUT2D eigenvalue weighted by atomic mass is 16.5. The number of aromatic nitrogens is 3. The Morgan fingerprint density at radius 2 is 1.97 bits per heavy atom. The second kappa shape index (κ2) is 9.89. The number of rotatable bonds is 7. The van der Waals surface area contributed by atoms with Gasteiger partial charge < -0.3 is 19.5 Å². The van der Waals surface area contributed by atoms with Gasteiger partial charge in [0.1, 0.15) is 18.1 Å². The highest BCUT2D eigenvalue weighted by molar-refractivity contribution is 5.97. The summed E-state index contributed by atoms with van der Waals surface area (Å²) < 4.78 is 12.8. The fourth-order valence-corrected chi connectivity index (χ4v) is 4.02. The van der Waals surface area contributed by atoms with Crippen molar-refractivity contribution in [3.8, 4) is 5.75 Å². The molecule has 33 heavy (non-hydrogen) atoms. The number of carbonyl (C=O) groups excluding carboxylic acids is 2. The van der Waals surface area contributed by atoms with Gasteiger partial charge in [-0.1, -0.05) is 17.3 Å². The molecule has 1 fully saturated rings. The number of carbonyl (C=O) groups is 2. The Hall–Kier alpha value is -3.62. The van der Waals surface area contributed by atoms with Crippen molar-refractivity contribution >= 4 is 11.8 Å². The van der Waals surface area contributed by atoms with E-state index in [1.54, 1.807) is 30.2 Å². The molecule has 1 aliphatic rings. The molecule has 174 valence electrons. The Balaban J connectivity index is 1.31. The van der Waals surface area contributed by atoms with Gasteiger partial charge in [-0.05, 0) is 44.7 Å². The molecule has 9 heteroatoms. The van der Waals surface area contributed by atoms with Crippen molar-refractivity contribution in [2.24, 2.45) is 13.0 Å². The number of nitrogens with one attached hydrogen (secondary N) is 1. The van der Waals surface area contributed by atoms with Crippen LogP contribution in [0.15, 0.2) is 41.2 Å². The number of benzene rings is 1. The minimum atomic E-state index is -0.119. The molecule has 0 atom stereocenters. The summed E-state index contributed by atoms with van der Waals surface area (Å²) in [6.45, 7) is 5.89. The zero-order valence-electron chi connectivity index (χ0n) is 19.2. The van der Waals surface area contributed by atoms with Gasteiger partial charge in [0.05, 0.1) is 28.6 Å². The fourth-order valence-electron chi connectivity index (χ4n) is 4.02. The van der Waals surface area contributed by atoms with Gasteiger partial charge in [-0.15, -0.1) is 0 Å². The van der Waals surface area contributed by atoms with E-state index in [9.17, 15) is 9.59 Å². The van der Waals surface area contributed by atoms with Crippen molar-refractivity contribution in [2.45, 2.75) is 33.3 Å². The molecule has 1 aliphatic heterocycles. The first-order valence-electron chi connectivity index (χ1n) is 11.1. The molecule has 0 aliphatic carbocycles. The van der Waals surface area contributed by atoms with Crippen molar-refractivity contribution < 1.29 is 18.8 Å². The number of aryl methyl sites for hydroxylation is 3. The van der Waals surface area contributed by atoms with Crippen molar-refractivity contribution in [3.05, 3.63) is 64.8 Å². The molecule has 0 unspecified atom stereocenters. The van der Waals surface area contributed by atoms with E-state index in [4.69, 9.17) is 9.26 Å². The smallest absolute Gasteiger partial charge is 0.257 e. The van der Waals surface area contributed by atoms with Gasteiger partial charge in [-0.3, -0.25) is 14.3 Å². The highest BCUT2D eigenvalue weighted by Crippen LogP contribution is 2.25. The molecular weight excluding hydrogens is 422 g/mol. The van der Waals surface area contributed by atoms with Crippen LogP contribution in [0.2, 0.25) is 0 Å². The maximum absolute atomic E-state index is 13.2.